The molecule has 0 fully saturated rings. The maximum absolute atomic E-state index is 11.9. The standard InChI is InChI=1S/C13H11BrN2O/c1-9-7-15-13(16-8-9)12(17)6-10-4-2-3-5-11(10)14/h2-5,7-8H,6H2,1H3. The Morgan fingerprint density at radius 1 is 1.24 bits per heavy atom. The third-order valence-electron chi connectivity index (χ3n) is 2.34. The molecule has 3 nitrogen and oxygen atoms in total. The Hall–Kier alpha value is -1.55. The molecule has 0 spiro atoms. The van der Waals surface area contributed by atoms with Crippen LogP contribution in [0.25, 0.3) is 0 Å². The third kappa shape index (κ3) is 2.97. The molecule has 0 radical (unpaired) electrons. The fraction of sp³-hybridized carbons (Fsp3) is 0.154. The van der Waals surface area contributed by atoms with E-state index in [-0.39, 0.29) is 11.6 Å². The molecule has 0 aliphatic rings. The van der Waals surface area contributed by atoms with Gasteiger partial charge in [0.05, 0.1) is 0 Å². The Morgan fingerprint density at radius 3 is 2.53 bits per heavy atom. The molecule has 2 rings (SSSR count). The molecule has 2 aromatic rings. The van der Waals surface area contributed by atoms with Gasteiger partial charge in [-0.15, -0.1) is 0 Å². The minimum absolute atomic E-state index is 0.0723. The van der Waals surface area contributed by atoms with Gasteiger partial charge < -0.3 is 0 Å². The molecule has 1 aromatic heterocycles. The van der Waals surface area contributed by atoms with Crippen LogP contribution in [0.3, 0.4) is 0 Å². The van der Waals surface area contributed by atoms with Crippen LogP contribution >= 0.6 is 15.9 Å². The number of halogens is 1. The van der Waals surface area contributed by atoms with Gasteiger partial charge in [-0.1, -0.05) is 34.1 Å². The molecule has 1 aromatic carbocycles. The summed E-state index contributed by atoms with van der Waals surface area (Å²) in [4.78, 5) is 20.0. The van der Waals surface area contributed by atoms with Crippen LogP contribution in [0, 0.1) is 6.92 Å². The molecule has 0 saturated heterocycles. The van der Waals surface area contributed by atoms with E-state index in [2.05, 4.69) is 25.9 Å². The molecule has 0 amide bonds. The van der Waals surface area contributed by atoms with E-state index in [1.54, 1.807) is 12.4 Å². The molecule has 0 aliphatic carbocycles. The van der Waals surface area contributed by atoms with E-state index in [1.807, 2.05) is 31.2 Å². The largest absolute Gasteiger partial charge is 0.290 e. The molecule has 0 unspecified atom stereocenters. The van der Waals surface area contributed by atoms with E-state index in [0.717, 1.165) is 15.6 Å². The van der Waals surface area contributed by atoms with Crippen molar-refractivity contribution in [1.82, 2.24) is 9.97 Å². The highest BCUT2D eigenvalue weighted by atomic mass is 79.9. The first-order valence-corrected chi connectivity index (χ1v) is 6.01. The summed E-state index contributed by atoms with van der Waals surface area (Å²) >= 11 is 3.42. The van der Waals surface area contributed by atoms with E-state index >= 15 is 0 Å². The number of hydrogen-bond acceptors (Lipinski definition) is 3. The van der Waals surface area contributed by atoms with Crippen molar-refractivity contribution in [2.45, 2.75) is 13.3 Å². The van der Waals surface area contributed by atoms with Gasteiger partial charge in [0.2, 0.25) is 5.78 Å². The van der Waals surface area contributed by atoms with E-state index < -0.39 is 0 Å². The molecule has 17 heavy (non-hydrogen) atoms. The van der Waals surface area contributed by atoms with Crippen LogP contribution in [0.5, 0.6) is 0 Å². The molecule has 4 heteroatoms. The second kappa shape index (κ2) is 5.19. The molecule has 0 bridgehead atoms. The molecule has 0 N–H and O–H groups in total. The number of benzene rings is 1. The predicted molar refractivity (Wildman–Crippen MR) is 68.9 cm³/mol. The third-order valence-corrected chi connectivity index (χ3v) is 3.11. The van der Waals surface area contributed by atoms with Gasteiger partial charge in [-0.05, 0) is 24.1 Å². The predicted octanol–water partition coefficient (Wildman–Crippen LogP) is 2.97. The quantitative estimate of drug-likeness (QED) is 0.816. The lowest BCUT2D eigenvalue weighted by molar-refractivity contribution is 0.0983. The van der Waals surface area contributed by atoms with E-state index in [0.29, 0.717) is 6.42 Å². The number of hydrogen-bond donors (Lipinski definition) is 0. The fourth-order valence-electron chi connectivity index (χ4n) is 1.43. The number of carbonyl (C=O) groups is 1. The van der Waals surface area contributed by atoms with Crippen LogP contribution in [0.2, 0.25) is 0 Å². The summed E-state index contributed by atoms with van der Waals surface area (Å²) in [5.41, 5.74) is 1.89. The highest BCUT2D eigenvalue weighted by Crippen LogP contribution is 2.17. The van der Waals surface area contributed by atoms with Crippen molar-refractivity contribution in [1.29, 1.82) is 0 Å². The first-order chi connectivity index (χ1) is 8.16. The van der Waals surface area contributed by atoms with Crippen LogP contribution in [0.4, 0.5) is 0 Å². The Balaban J connectivity index is 2.17. The van der Waals surface area contributed by atoms with E-state index in [1.165, 1.54) is 0 Å². The lowest BCUT2D eigenvalue weighted by Crippen LogP contribution is -2.08. The summed E-state index contributed by atoms with van der Waals surface area (Å²) in [6.07, 6.45) is 3.62. The number of Topliss-reactive ketones (excluding diaryl/α,β-unsaturated/α-hetero) is 1. The lowest BCUT2D eigenvalue weighted by atomic mass is 10.1. The van der Waals surface area contributed by atoms with Crippen LogP contribution in [0.1, 0.15) is 21.7 Å². The average molecular weight is 291 g/mol. The Kier molecular flexibility index (Phi) is 3.64. The molecule has 86 valence electrons. The first-order valence-electron chi connectivity index (χ1n) is 5.22. The Labute approximate surface area is 108 Å². The average Bonchev–Trinajstić information content (AvgIpc) is 2.33. The van der Waals surface area contributed by atoms with Crippen LogP contribution in [0.15, 0.2) is 41.1 Å². The normalized spacial score (nSPS) is 10.2. The SMILES string of the molecule is Cc1cnc(C(=O)Cc2ccccc2Br)nc1. The van der Waals surface area contributed by atoms with Crippen LogP contribution < -0.4 is 0 Å². The van der Waals surface area contributed by atoms with Crippen LogP contribution in [-0.4, -0.2) is 15.8 Å². The number of ketones is 1. The number of aromatic nitrogens is 2. The first kappa shape index (κ1) is 11.9. The second-order valence-electron chi connectivity index (χ2n) is 3.78. The zero-order chi connectivity index (χ0) is 12.3. The van der Waals surface area contributed by atoms with Crippen molar-refractivity contribution in [3.8, 4) is 0 Å². The fourth-order valence-corrected chi connectivity index (χ4v) is 1.86. The topological polar surface area (TPSA) is 42.9 Å². The van der Waals surface area contributed by atoms with Gasteiger partial charge >= 0.3 is 0 Å². The van der Waals surface area contributed by atoms with Crippen molar-refractivity contribution in [3.05, 3.63) is 58.1 Å². The second-order valence-corrected chi connectivity index (χ2v) is 4.63. The maximum Gasteiger partial charge on any atom is 0.204 e. The van der Waals surface area contributed by atoms with Gasteiger partial charge in [-0.25, -0.2) is 9.97 Å². The minimum atomic E-state index is -0.0723. The van der Waals surface area contributed by atoms with Crippen LogP contribution in [-0.2, 0) is 6.42 Å². The minimum Gasteiger partial charge on any atom is -0.290 e. The smallest absolute Gasteiger partial charge is 0.204 e. The molecule has 1 heterocycles. The summed E-state index contributed by atoms with van der Waals surface area (Å²) in [6, 6.07) is 7.65. The summed E-state index contributed by atoms with van der Waals surface area (Å²) in [5, 5.41) is 0. The van der Waals surface area contributed by atoms with Crippen molar-refractivity contribution in [2.75, 3.05) is 0 Å². The van der Waals surface area contributed by atoms with E-state index in [9.17, 15) is 4.79 Å². The number of carbonyl (C=O) groups excluding carboxylic acids is 1. The summed E-state index contributed by atoms with van der Waals surface area (Å²) in [5.74, 6) is 0.197. The molecule has 0 saturated carbocycles. The van der Waals surface area contributed by atoms with Gasteiger partial charge in [0.25, 0.3) is 0 Å². The Morgan fingerprint density at radius 2 is 1.88 bits per heavy atom. The van der Waals surface area contributed by atoms with Gasteiger partial charge in [-0.3, -0.25) is 4.79 Å². The monoisotopic (exact) mass is 290 g/mol. The zero-order valence-electron chi connectivity index (χ0n) is 9.35. The Bertz CT molecular complexity index is 537. The highest BCUT2D eigenvalue weighted by molar-refractivity contribution is 9.10. The maximum atomic E-state index is 11.9. The summed E-state index contributed by atoms with van der Waals surface area (Å²) in [6.45, 7) is 1.89. The van der Waals surface area contributed by atoms with Gasteiger partial charge in [0.15, 0.2) is 5.82 Å². The molecular weight excluding hydrogens is 280 g/mol. The van der Waals surface area contributed by atoms with Crippen molar-refractivity contribution in [3.63, 3.8) is 0 Å². The van der Waals surface area contributed by atoms with Crippen molar-refractivity contribution >= 4 is 21.7 Å². The lowest BCUT2D eigenvalue weighted by Gasteiger charge is -2.02. The molecule has 0 aliphatic heterocycles. The number of rotatable bonds is 3. The highest BCUT2D eigenvalue weighted by Gasteiger charge is 2.11. The molecular formula is C13H11BrN2O. The summed E-state index contributed by atoms with van der Waals surface area (Å²) < 4.78 is 0.931. The van der Waals surface area contributed by atoms with Crippen molar-refractivity contribution < 1.29 is 4.79 Å². The zero-order valence-corrected chi connectivity index (χ0v) is 10.9. The van der Waals surface area contributed by atoms with Crippen molar-refractivity contribution in [2.24, 2.45) is 0 Å². The molecule has 0 atom stereocenters. The van der Waals surface area contributed by atoms with Gasteiger partial charge in [0, 0.05) is 23.3 Å². The summed E-state index contributed by atoms with van der Waals surface area (Å²) in [7, 11) is 0. The van der Waals surface area contributed by atoms with Gasteiger partial charge in [-0.2, -0.15) is 0 Å². The number of nitrogens with zero attached hydrogens (tertiary/aromatic N) is 2. The van der Waals surface area contributed by atoms with E-state index in [4.69, 9.17) is 0 Å². The number of aryl methyl sites for hydroxylation is 1. The van der Waals surface area contributed by atoms with Gasteiger partial charge in [0.1, 0.15) is 0 Å².